The molecule has 0 bridgehead atoms. The van der Waals surface area contributed by atoms with Gasteiger partial charge in [0.25, 0.3) is 0 Å². The van der Waals surface area contributed by atoms with Crippen LogP contribution in [0.2, 0.25) is 0 Å². The van der Waals surface area contributed by atoms with E-state index in [2.05, 4.69) is 15.4 Å². The van der Waals surface area contributed by atoms with Gasteiger partial charge in [0.15, 0.2) is 0 Å². The minimum atomic E-state index is -4.63. The molecular formula is C21H20F3N5O3S. The highest BCUT2D eigenvalue weighted by Crippen LogP contribution is 2.34. The molecule has 174 valence electrons. The first-order valence-corrected chi connectivity index (χ1v) is 11.5. The van der Waals surface area contributed by atoms with E-state index in [1.807, 2.05) is 6.92 Å². The molecule has 1 atom stereocenters. The van der Waals surface area contributed by atoms with Gasteiger partial charge in [0.05, 0.1) is 21.8 Å². The van der Waals surface area contributed by atoms with Gasteiger partial charge in [-0.15, -0.1) is 0 Å². The van der Waals surface area contributed by atoms with Gasteiger partial charge < -0.3 is 5.32 Å². The number of halogens is 3. The van der Waals surface area contributed by atoms with Crippen molar-refractivity contribution < 1.29 is 26.4 Å². The molecule has 0 unspecified atom stereocenters. The maximum Gasteiger partial charge on any atom is 0.416 e. The Bertz CT molecular complexity index is 1260. The summed E-state index contributed by atoms with van der Waals surface area (Å²) in [6.45, 7) is 1.96. The van der Waals surface area contributed by atoms with E-state index in [0.717, 1.165) is 22.0 Å². The molecule has 0 saturated carbocycles. The lowest BCUT2D eigenvalue weighted by atomic mass is 10.1. The Kier molecular flexibility index (Phi) is 5.97. The Balaban J connectivity index is 1.65. The molecule has 8 nitrogen and oxygen atoms in total. The van der Waals surface area contributed by atoms with Crippen molar-refractivity contribution in [1.82, 2.24) is 19.1 Å². The van der Waals surface area contributed by atoms with E-state index >= 15 is 0 Å². The number of hydrogen-bond acceptors (Lipinski definition) is 5. The fraction of sp³-hybridized carbons (Fsp3) is 0.286. The molecule has 1 aliphatic heterocycles. The lowest BCUT2D eigenvalue weighted by Crippen LogP contribution is -2.43. The zero-order chi connectivity index (χ0) is 23.8. The summed E-state index contributed by atoms with van der Waals surface area (Å²) in [4.78, 5) is 16.9. The quantitative estimate of drug-likeness (QED) is 0.605. The van der Waals surface area contributed by atoms with E-state index in [4.69, 9.17) is 0 Å². The van der Waals surface area contributed by atoms with Crippen molar-refractivity contribution in [3.8, 4) is 5.69 Å². The van der Waals surface area contributed by atoms with Crippen LogP contribution in [0.5, 0.6) is 0 Å². The predicted molar refractivity (Wildman–Crippen MR) is 113 cm³/mol. The number of aryl methyl sites for hydroxylation is 1. The highest BCUT2D eigenvalue weighted by molar-refractivity contribution is 7.89. The van der Waals surface area contributed by atoms with Crippen molar-refractivity contribution >= 4 is 21.6 Å². The minimum absolute atomic E-state index is 0.0511. The topological polar surface area (TPSA) is 97.2 Å². The molecule has 0 radical (unpaired) electrons. The average Bonchev–Trinajstić information content (AvgIpc) is 3.46. The van der Waals surface area contributed by atoms with Crippen LogP contribution in [0.15, 0.2) is 60.0 Å². The van der Waals surface area contributed by atoms with Crippen LogP contribution in [0.3, 0.4) is 0 Å². The molecule has 3 aromatic rings. The zero-order valence-electron chi connectivity index (χ0n) is 17.5. The molecule has 33 heavy (non-hydrogen) atoms. The number of nitrogens with zero attached hydrogens (tertiary/aromatic N) is 4. The van der Waals surface area contributed by atoms with E-state index < -0.39 is 33.7 Å². The molecule has 4 rings (SSSR count). The van der Waals surface area contributed by atoms with Crippen LogP contribution in [0, 0.1) is 6.92 Å². The highest BCUT2D eigenvalue weighted by atomic mass is 32.2. The zero-order valence-corrected chi connectivity index (χ0v) is 18.3. The van der Waals surface area contributed by atoms with Crippen LogP contribution >= 0.6 is 0 Å². The van der Waals surface area contributed by atoms with E-state index in [1.54, 1.807) is 12.1 Å². The molecule has 12 heteroatoms. The number of anilines is 1. The second-order valence-electron chi connectivity index (χ2n) is 7.65. The largest absolute Gasteiger partial charge is 0.416 e. The van der Waals surface area contributed by atoms with Gasteiger partial charge in [-0.1, -0.05) is 17.7 Å². The lowest BCUT2D eigenvalue weighted by molar-refractivity contribution is -0.137. The first kappa shape index (κ1) is 22.9. The third kappa shape index (κ3) is 4.62. The number of nitrogens with one attached hydrogen (secondary N) is 1. The van der Waals surface area contributed by atoms with Crippen molar-refractivity contribution in [2.24, 2.45) is 0 Å². The maximum atomic E-state index is 13.3. The minimum Gasteiger partial charge on any atom is -0.323 e. The molecule has 1 aliphatic rings. The SMILES string of the molecule is Cc1ccc(S(=O)(=O)N2CCC[C@@H]2C(=O)Nc2cc(C(F)(F)F)ccc2-n2cncn2)cc1. The normalized spacial score (nSPS) is 17.3. The molecule has 1 amide bonds. The second-order valence-corrected chi connectivity index (χ2v) is 9.54. The van der Waals surface area contributed by atoms with E-state index in [-0.39, 0.29) is 29.2 Å². The highest BCUT2D eigenvalue weighted by Gasteiger charge is 2.40. The number of sulfonamides is 1. The Morgan fingerprint density at radius 2 is 1.88 bits per heavy atom. The van der Waals surface area contributed by atoms with Crippen molar-refractivity contribution in [1.29, 1.82) is 0 Å². The first-order valence-electron chi connectivity index (χ1n) is 10.0. The second kappa shape index (κ2) is 8.60. The molecule has 0 aliphatic carbocycles. The lowest BCUT2D eigenvalue weighted by Gasteiger charge is -2.24. The maximum absolute atomic E-state index is 13.3. The number of alkyl halides is 3. The number of amides is 1. The summed E-state index contributed by atoms with van der Waals surface area (Å²) in [5, 5.41) is 6.39. The van der Waals surface area contributed by atoms with Gasteiger partial charge in [-0.2, -0.15) is 22.6 Å². The van der Waals surface area contributed by atoms with Crippen LogP contribution in [-0.2, 0) is 21.0 Å². The van der Waals surface area contributed by atoms with Crippen LogP contribution in [-0.4, -0.2) is 46.0 Å². The third-order valence-corrected chi connectivity index (χ3v) is 7.30. The molecule has 2 aromatic carbocycles. The number of benzene rings is 2. The van der Waals surface area contributed by atoms with Crippen LogP contribution in [0.4, 0.5) is 18.9 Å². The predicted octanol–water partition coefficient (Wildman–Crippen LogP) is 3.39. The van der Waals surface area contributed by atoms with Crippen molar-refractivity contribution in [2.75, 3.05) is 11.9 Å². The van der Waals surface area contributed by atoms with Crippen LogP contribution < -0.4 is 5.32 Å². The summed E-state index contributed by atoms with van der Waals surface area (Å²) in [6.07, 6.45) is -1.46. The average molecular weight is 479 g/mol. The van der Waals surface area contributed by atoms with Gasteiger partial charge in [-0.3, -0.25) is 4.79 Å². The van der Waals surface area contributed by atoms with Crippen molar-refractivity contribution in [2.45, 2.75) is 36.9 Å². The fourth-order valence-corrected chi connectivity index (χ4v) is 5.35. The number of carbonyl (C=O) groups excluding carboxylic acids is 1. The Labute approximate surface area is 188 Å². The summed E-state index contributed by atoms with van der Waals surface area (Å²) in [5.41, 5.74) is -0.0632. The first-order chi connectivity index (χ1) is 15.6. The molecular weight excluding hydrogens is 459 g/mol. The van der Waals surface area contributed by atoms with Crippen LogP contribution in [0.1, 0.15) is 24.0 Å². The van der Waals surface area contributed by atoms with Crippen molar-refractivity contribution in [3.05, 3.63) is 66.2 Å². The number of carbonyl (C=O) groups is 1. The van der Waals surface area contributed by atoms with Crippen molar-refractivity contribution in [3.63, 3.8) is 0 Å². The monoisotopic (exact) mass is 479 g/mol. The fourth-order valence-electron chi connectivity index (χ4n) is 3.70. The Hall–Kier alpha value is -3.25. The molecule has 0 spiro atoms. The number of hydrogen-bond donors (Lipinski definition) is 1. The van der Waals surface area contributed by atoms with Gasteiger partial charge in [-0.05, 0) is 50.1 Å². The molecule has 1 fully saturated rings. The van der Waals surface area contributed by atoms with Gasteiger partial charge in [0, 0.05) is 6.54 Å². The van der Waals surface area contributed by atoms with E-state index in [1.165, 1.54) is 35.5 Å². The smallest absolute Gasteiger partial charge is 0.323 e. The number of aromatic nitrogens is 3. The molecule has 1 N–H and O–H groups in total. The summed E-state index contributed by atoms with van der Waals surface area (Å²) >= 11 is 0. The number of rotatable bonds is 5. The van der Waals surface area contributed by atoms with Gasteiger partial charge in [-0.25, -0.2) is 18.1 Å². The van der Waals surface area contributed by atoms with Crippen LogP contribution in [0.25, 0.3) is 5.69 Å². The van der Waals surface area contributed by atoms with Gasteiger partial charge >= 0.3 is 6.18 Å². The molecule has 2 heterocycles. The summed E-state index contributed by atoms with van der Waals surface area (Å²) in [6, 6.07) is 8.02. The molecule has 1 saturated heterocycles. The standard InChI is InChI=1S/C21H20F3N5O3S/c1-14-4-7-16(8-5-14)33(31,32)29-10-2-3-19(29)20(30)27-17-11-15(21(22,23)24)6-9-18(17)28-13-25-12-26-28/h4-9,11-13,19H,2-3,10H2,1H3,(H,27,30)/t19-/m1/s1. The summed E-state index contributed by atoms with van der Waals surface area (Å²) in [5.74, 6) is -0.719. The van der Waals surface area contributed by atoms with E-state index in [0.29, 0.717) is 6.42 Å². The Morgan fingerprint density at radius 3 is 2.52 bits per heavy atom. The molecule has 1 aromatic heterocycles. The van der Waals surface area contributed by atoms with Gasteiger partial charge in [0.2, 0.25) is 15.9 Å². The third-order valence-electron chi connectivity index (χ3n) is 5.38. The van der Waals surface area contributed by atoms with E-state index in [9.17, 15) is 26.4 Å². The summed E-state index contributed by atoms with van der Waals surface area (Å²) < 4.78 is 68.4. The Morgan fingerprint density at radius 1 is 1.15 bits per heavy atom. The summed E-state index contributed by atoms with van der Waals surface area (Å²) in [7, 11) is -3.96. The van der Waals surface area contributed by atoms with Gasteiger partial charge in [0.1, 0.15) is 18.7 Å².